The Morgan fingerprint density at radius 2 is 1.89 bits per heavy atom. The van der Waals surface area contributed by atoms with Crippen molar-refractivity contribution < 1.29 is 35.9 Å². The number of rotatable bonds is 7. The van der Waals surface area contributed by atoms with Crippen molar-refractivity contribution in [3.63, 3.8) is 0 Å². The zero-order valence-corrected chi connectivity index (χ0v) is 19.9. The summed E-state index contributed by atoms with van der Waals surface area (Å²) in [4.78, 5) is 18.1. The lowest BCUT2D eigenvalue weighted by atomic mass is 9.99. The molecule has 3 rings (SSSR count). The van der Waals surface area contributed by atoms with Gasteiger partial charge in [-0.1, -0.05) is 12.1 Å². The van der Waals surface area contributed by atoms with E-state index in [9.17, 15) is 35.9 Å². The minimum absolute atomic E-state index is 0.0851. The third-order valence-electron chi connectivity index (χ3n) is 5.65. The summed E-state index contributed by atoms with van der Waals surface area (Å²) in [6, 6.07) is 5.76. The monoisotopic (exact) mass is 518 g/mol. The predicted molar refractivity (Wildman–Crippen MR) is 122 cm³/mol. The van der Waals surface area contributed by atoms with E-state index in [0.717, 1.165) is 18.4 Å². The van der Waals surface area contributed by atoms with Crippen molar-refractivity contribution >= 4 is 27.4 Å². The van der Waals surface area contributed by atoms with Gasteiger partial charge in [0.15, 0.2) is 0 Å². The first-order valence-corrected chi connectivity index (χ1v) is 12.7. The maximum Gasteiger partial charge on any atom is 0.433 e. The Morgan fingerprint density at radius 1 is 1.23 bits per heavy atom. The highest BCUT2D eigenvalue weighted by Crippen LogP contribution is 2.32. The zero-order chi connectivity index (χ0) is 26.0. The van der Waals surface area contributed by atoms with Crippen LogP contribution in [0.4, 0.5) is 29.1 Å². The van der Waals surface area contributed by atoms with Crippen molar-refractivity contribution in [1.82, 2.24) is 10.3 Å². The number of aliphatic hydroxyl groups is 1. The molecule has 2 heterocycles. The highest BCUT2D eigenvalue weighted by atomic mass is 32.2. The van der Waals surface area contributed by atoms with Gasteiger partial charge in [0, 0.05) is 25.2 Å². The quantitative estimate of drug-likeness (QED) is 0.486. The minimum Gasteiger partial charge on any atom is -0.393 e. The summed E-state index contributed by atoms with van der Waals surface area (Å²) >= 11 is 0. The Kier molecular flexibility index (Phi) is 7.90. The maximum absolute atomic E-state index is 14.3. The highest BCUT2D eigenvalue weighted by molar-refractivity contribution is 7.92. The molecule has 0 spiro atoms. The normalized spacial score (nSPS) is 16.1. The van der Waals surface area contributed by atoms with Gasteiger partial charge in [-0.3, -0.25) is 9.52 Å². The molecule has 8 nitrogen and oxygen atoms in total. The van der Waals surface area contributed by atoms with E-state index in [4.69, 9.17) is 0 Å². The standard InChI is InChI=1S/C22H26F4N4O4S/c1-13(14-3-5-18(17(23)11-14)29-35(2,33)34)21(32)27-12-15-4-6-19(22(24,25)26)28-20(15)30-9-7-16(31)8-10-30/h3-6,11,13,16,29,31H,7-10,12H2,1-2H3,(H,27,32). The van der Waals surface area contributed by atoms with Crippen LogP contribution in [0.3, 0.4) is 0 Å². The van der Waals surface area contributed by atoms with Gasteiger partial charge in [-0.2, -0.15) is 13.2 Å². The van der Waals surface area contributed by atoms with E-state index in [1.807, 2.05) is 4.72 Å². The van der Waals surface area contributed by atoms with E-state index in [0.29, 0.717) is 31.5 Å². The average Bonchev–Trinajstić information content (AvgIpc) is 2.77. The van der Waals surface area contributed by atoms with Gasteiger partial charge in [-0.25, -0.2) is 17.8 Å². The second-order valence-electron chi connectivity index (χ2n) is 8.45. The molecule has 1 aliphatic heterocycles. The topological polar surface area (TPSA) is 112 Å². The molecule has 0 saturated carbocycles. The number of anilines is 2. The summed E-state index contributed by atoms with van der Waals surface area (Å²) in [5, 5.41) is 12.4. The first kappa shape index (κ1) is 26.7. The van der Waals surface area contributed by atoms with Gasteiger partial charge in [0.05, 0.1) is 24.0 Å². The largest absolute Gasteiger partial charge is 0.433 e. The van der Waals surface area contributed by atoms with Gasteiger partial charge in [-0.05, 0) is 43.5 Å². The third-order valence-corrected chi connectivity index (χ3v) is 6.24. The molecular weight excluding hydrogens is 492 g/mol. The maximum atomic E-state index is 14.3. The smallest absolute Gasteiger partial charge is 0.393 e. The van der Waals surface area contributed by atoms with Crippen LogP contribution in [0.25, 0.3) is 0 Å². The van der Waals surface area contributed by atoms with Gasteiger partial charge < -0.3 is 15.3 Å². The lowest BCUT2D eigenvalue weighted by Gasteiger charge is -2.32. The molecular formula is C22H26F4N4O4S. The molecule has 3 N–H and O–H groups in total. The molecule has 1 unspecified atom stereocenters. The Hall–Kier alpha value is -2.93. The summed E-state index contributed by atoms with van der Waals surface area (Å²) in [6.07, 6.45) is -3.51. The number of carbonyl (C=O) groups is 1. The molecule has 0 bridgehead atoms. The molecule has 1 aromatic heterocycles. The molecule has 35 heavy (non-hydrogen) atoms. The van der Waals surface area contributed by atoms with E-state index in [-0.39, 0.29) is 23.6 Å². The number of pyridine rings is 1. The molecule has 1 aliphatic rings. The van der Waals surface area contributed by atoms with Gasteiger partial charge in [-0.15, -0.1) is 0 Å². The molecule has 0 aliphatic carbocycles. The number of carbonyl (C=O) groups excluding carboxylic acids is 1. The second kappa shape index (κ2) is 10.4. The van der Waals surface area contributed by atoms with E-state index >= 15 is 0 Å². The lowest BCUT2D eigenvalue weighted by Crippen LogP contribution is -2.38. The Balaban J connectivity index is 1.75. The molecule has 2 aromatic rings. The number of hydrogen-bond donors (Lipinski definition) is 3. The molecule has 0 radical (unpaired) electrons. The fourth-order valence-electron chi connectivity index (χ4n) is 3.69. The van der Waals surface area contributed by atoms with Gasteiger partial charge in [0.2, 0.25) is 15.9 Å². The van der Waals surface area contributed by atoms with E-state index in [1.165, 1.54) is 25.1 Å². The minimum atomic E-state index is -4.64. The summed E-state index contributed by atoms with van der Waals surface area (Å²) in [5.41, 5.74) is -0.653. The SMILES string of the molecule is CC(C(=O)NCc1ccc(C(F)(F)F)nc1N1CCC(O)CC1)c1ccc(NS(C)(=O)=O)c(F)c1. The predicted octanol–water partition coefficient (Wildman–Crippen LogP) is 2.99. The first-order chi connectivity index (χ1) is 16.2. The van der Waals surface area contributed by atoms with Crippen molar-refractivity contribution in [3.8, 4) is 0 Å². The van der Waals surface area contributed by atoms with Crippen LogP contribution in [0.2, 0.25) is 0 Å². The van der Waals surface area contributed by atoms with E-state index < -0.39 is 45.6 Å². The van der Waals surface area contributed by atoms with Crippen molar-refractivity contribution in [2.75, 3.05) is 29.0 Å². The molecule has 1 amide bonds. The number of benzene rings is 1. The third kappa shape index (κ3) is 7.04. The van der Waals surface area contributed by atoms with Crippen molar-refractivity contribution in [2.24, 2.45) is 0 Å². The van der Waals surface area contributed by atoms with Crippen LogP contribution in [0.1, 0.15) is 42.5 Å². The number of alkyl halides is 3. The van der Waals surface area contributed by atoms with Crippen LogP contribution >= 0.6 is 0 Å². The second-order valence-corrected chi connectivity index (χ2v) is 10.2. The summed E-state index contributed by atoms with van der Waals surface area (Å²) < 4.78 is 78.6. The average molecular weight is 519 g/mol. The van der Waals surface area contributed by atoms with Crippen molar-refractivity contribution in [2.45, 2.75) is 44.5 Å². The van der Waals surface area contributed by atoms with E-state index in [1.54, 1.807) is 4.90 Å². The summed E-state index contributed by atoms with van der Waals surface area (Å²) in [6.45, 7) is 2.05. The fourth-order valence-corrected chi connectivity index (χ4v) is 4.26. The Morgan fingerprint density at radius 3 is 2.46 bits per heavy atom. The number of nitrogens with zero attached hydrogens (tertiary/aromatic N) is 2. The van der Waals surface area contributed by atoms with Crippen LogP contribution < -0.4 is 14.9 Å². The number of aromatic nitrogens is 1. The molecule has 1 saturated heterocycles. The molecule has 1 aromatic carbocycles. The molecule has 13 heteroatoms. The zero-order valence-electron chi connectivity index (χ0n) is 19.1. The van der Waals surface area contributed by atoms with Gasteiger partial charge >= 0.3 is 6.18 Å². The Labute approximate surface area is 200 Å². The molecule has 192 valence electrons. The highest BCUT2D eigenvalue weighted by Gasteiger charge is 2.34. The van der Waals surface area contributed by atoms with Crippen LogP contribution in [0.15, 0.2) is 30.3 Å². The Bertz CT molecular complexity index is 1180. The number of amides is 1. The van der Waals surface area contributed by atoms with Crippen LogP contribution in [0.5, 0.6) is 0 Å². The number of aliphatic hydroxyl groups excluding tert-OH is 1. The van der Waals surface area contributed by atoms with Crippen LogP contribution in [0, 0.1) is 5.82 Å². The van der Waals surface area contributed by atoms with Crippen LogP contribution in [-0.2, 0) is 27.5 Å². The number of halogens is 4. The summed E-state index contributed by atoms with van der Waals surface area (Å²) in [5.74, 6) is -2.10. The number of nitrogens with one attached hydrogen (secondary N) is 2. The van der Waals surface area contributed by atoms with Crippen molar-refractivity contribution in [1.29, 1.82) is 0 Å². The molecule has 1 fully saturated rings. The fraction of sp³-hybridized carbons (Fsp3) is 0.455. The van der Waals surface area contributed by atoms with E-state index in [2.05, 4.69) is 10.3 Å². The summed E-state index contributed by atoms with van der Waals surface area (Å²) in [7, 11) is -3.68. The lowest BCUT2D eigenvalue weighted by molar-refractivity contribution is -0.141. The first-order valence-electron chi connectivity index (χ1n) is 10.8. The number of sulfonamides is 1. The van der Waals surface area contributed by atoms with Crippen LogP contribution in [-0.4, -0.2) is 49.9 Å². The number of hydrogen-bond acceptors (Lipinski definition) is 6. The number of piperidine rings is 1. The van der Waals surface area contributed by atoms with Gasteiger partial charge in [0.25, 0.3) is 0 Å². The van der Waals surface area contributed by atoms with Gasteiger partial charge in [0.1, 0.15) is 17.3 Å². The van der Waals surface area contributed by atoms with Crippen molar-refractivity contribution in [3.05, 3.63) is 53.0 Å². The molecule has 1 atom stereocenters.